The summed E-state index contributed by atoms with van der Waals surface area (Å²) < 4.78 is 5.41. The van der Waals surface area contributed by atoms with Gasteiger partial charge in [-0.1, -0.05) is 36.4 Å². The third kappa shape index (κ3) is 3.85. The molecular formula is C19H18N8O. The van der Waals surface area contributed by atoms with E-state index in [1.54, 1.807) is 0 Å². The summed E-state index contributed by atoms with van der Waals surface area (Å²) in [5.74, 6) is 0.884. The van der Waals surface area contributed by atoms with Gasteiger partial charge in [0, 0.05) is 29.4 Å². The maximum Gasteiger partial charge on any atom is 0.239 e. The molecule has 1 aliphatic rings. The predicted octanol–water partition coefficient (Wildman–Crippen LogP) is 4.12. The number of morpholine rings is 1. The fraction of sp³-hybridized carbons (Fsp3) is 0.211. The van der Waals surface area contributed by atoms with E-state index in [0.29, 0.717) is 38.2 Å². The van der Waals surface area contributed by atoms with Crippen LogP contribution in [-0.2, 0) is 4.74 Å². The lowest BCUT2D eigenvalue weighted by Gasteiger charge is -2.28. The van der Waals surface area contributed by atoms with Gasteiger partial charge in [0.2, 0.25) is 17.8 Å². The van der Waals surface area contributed by atoms with Gasteiger partial charge >= 0.3 is 0 Å². The minimum atomic E-state index is 0.0332. The SMILES string of the molecule is [N-]=[N+]=Nc1nc(N2CCOCC2)nc(N(c2ccccc2)c2ccccc2)n1. The molecule has 140 valence electrons. The number of benzene rings is 2. The molecule has 0 aliphatic carbocycles. The van der Waals surface area contributed by atoms with Crippen LogP contribution >= 0.6 is 0 Å². The second kappa shape index (κ2) is 8.34. The van der Waals surface area contributed by atoms with E-state index in [2.05, 4.69) is 25.0 Å². The van der Waals surface area contributed by atoms with E-state index in [0.717, 1.165) is 11.4 Å². The quantitative estimate of drug-likeness (QED) is 0.378. The monoisotopic (exact) mass is 374 g/mol. The molecule has 0 radical (unpaired) electrons. The van der Waals surface area contributed by atoms with Gasteiger partial charge < -0.3 is 9.64 Å². The Kier molecular flexibility index (Phi) is 5.28. The fourth-order valence-electron chi connectivity index (χ4n) is 2.97. The Bertz CT molecular complexity index is 930. The molecule has 0 bridgehead atoms. The number of rotatable bonds is 5. The van der Waals surface area contributed by atoms with Crippen LogP contribution < -0.4 is 9.80 Å². The molecule has 1 fully saturated rings. The zero-order chi connectivity index (χ0) is 19.2. The Labute approximate surface area is 161 Å². The Balaban J connectivity index is 1.85. The highest BCUT2D eigenvalue weighted by molar-refractivity contribution is 5.73. The smallest absolute Gasteiger partial charge is 0.239 e. The van der Waals surface area contributed by atoms with Gasteiger partial charge in [0.25, 0.3) is 0 Å². The van der Waals surface area contributed by atoms with Gasteiger partial charge in [0.05, 0.1) is 13.2 Å². The third-order valence-electron chi connectivity index (χ3n) is 4.26. The second-order valence-electron chi connectivity index (χ2n) is 6.03. The topological polar surface area (TPSA) is 103 Å². The van der Waals surface area contributed by atoms with E-state index in [9.17, 15) is 0 Å². The molecule has 0 spiro atoms. The van der Waals surface area contributed by atoms with Gasteiger partial charge in [0.1, 0.15) is 0 Å². The van der Waals surface area contributed by atoms with Gasteiger partial charge in [-0.2, -0.15) is 15.0 Å². The zero-order valence-corrected chi connectivity index (χ0v) is 15.1. The lowest BCUT2D eigenvalue weighted by atomic mass is 10.2. The predicted molar refractivity (Wildman–Crippen MR) is 106 cm³/mol. The average molecular weight is 374 g/mol. The van der Waals surface area contributed by atoms with E-state index < -0.39 is 0 Å². The first-order valence-corrected chi connectivity index (χ1v) is 8.89. The number of anilines is 4. The van der Waals surface area contributed by atoms with Gasteiger partial charge in [-0.05, 0) is 34.9 Å². The Morgan fingerprint density at radius 2 is 1.50 bits per heavy atom. The zero-order valence-electron chi connectivity index (χ0n) is 15.1. The van der Waals surface area contributed by atoms with Crippen LogP contribution in [0.2, 0.25) is 0 Å². The summed E-state index contributed by atoms with van der Waals surface area (Å²) in [6.07, 6.45) is 0. The summed E-state index contributed by atoms with van der Waals surface area (Å²) in [6.45, 7) is 2.52. The number of para-hydroxylation sites is 2. The van der Waals surface area contributed by atoms with E-state index in [-0.39, 0.29) is 5.95 Å². The molecule has 28 heavy (non-hydrogen) atoms. The standard InChI is InChI=1S/C19H18N8O/c20-25-24-17-21-18(26-11-13-28-14-12-26)23-19(22-17)27(15-7-3-1-4-8-15)16-9-5-2-6-10-16/h1-10H,11-14H2. The average Bonchev–Trinajstić information content (AvgIpc) is 2.76. The van der Waals surface area contributed by atoms with E-state index >= 15 is 0 Å². The van der Waals surface area contributed by atoms with Crippen molar-refractivity contribution >= 4 is 29.2 Å². The Morgan fingerprint density at radius 1 is 0.893 bits per heavy atom. The first kappa shape index (κ1) is 17.7. The van der Waals surface area contributed by atoms with Crippen molar-refractivity contribution in [2.45, 2.75) is 0 Å². The lowest BCUT2D eigenvalue weighted by Crippen LogP contribution is -2.37. The molecule has 1 aromatic heterocycles. The molecule has 2 heterocycles. The molecule has 0 amide bonds. The normalized spacial score (nSPS) is 13.6. The van der Waals surface area contributed by atoms with Crippen molar-refractivity contribution in [3.63, 3.8) is 0 Å². The molecule has 9 heteroatoms. The number of ether oxygens (including phenoxy) is 1. The fourth-order valence-corrected chi connectivity index (χ4v) is 2.97. The second-order valence-corrected chi connectivity index (χ2v) is 6.03. The highest BCUT2D eigenvalue weighted by Gasteiger charge is 2.21. The van der Waals surface area contributed by atoms with E-state index in [1.807, 2.05) is 70.5 Å². The number of aromatic nitrogens is 3. The van der Waals surface area contributed by atoms with Gasteiger partial charge in [-0.25, -0.2) is 0 Å². The maximum absolute atomic E-state index is 8.90. The maximum atomic E-state index is 8.90. The highest BCUT2D eigenvalue weighted by atomic mass is 16.5. The summed E-state index contributed by atoms with van der Waals surface area (Å²) in [5.41, 5.74) is 10.7. The summed E-state index contributed by atoms with van der Waals surface area (Å²) >= 11 is 0. The number of nitrogens with zero attached hydrogens (tertiary/aromatic N) is 8. The highest BCUT2D eigenvalue weighted by Crippen LogP contribution is 2.33. The van der Waals surface area contributed by atoms with E-state index in [1.165, 1.54) is 0 Å². The molecule has 1 aliphatic heterocycles. The van der Waals surface area contributed by atoms with Crippen LogP contribution in [0, 0.1) is 0 Å². The first-order valence-electron chi connectivity index (χ1n) is 8.89. The molecule has 1 saturated heterocycles. The van der Waals surface area contributed by atoms with Crippen LogP contribution in [0.15, 0.2) is 65.8 Å². The molecular weight excluding hydrogens is 356 g/mol. The van der Waals surface area contributed by atoms with Crippen molar-refractivity contribution in [1.29, 1.82) is 0 Å². The van der Waals surface area contributed by atoms with Gasteiger partial charge in [-0.3, -0.25) is 4.90 Å². The molecule has 2 aromatic carbocycles. The van der Waals surface area contributed by atoms with Gasteiger partial charge in [0.15, 0.2) is 0 Å². The number of azide groups is 1. The first-order chi connectivity index (χ1) is 13.8. The van der Waals surface area contributed by atoms with Crippen molar-refractivity contribution in [3.05, 3.63) is 71.1 Å². The minimum absolute atomic E-state index is 0.0332. The number of hydrogen-bond donors (Lipinski definition) is 0. The number of hydrogen-bond acceptors (Lipinski definition) is 7. The summed E-state index contributed by atoms with van der Waals surface area (Å²) in [6, 6.07) is 19.6. The Morgan fingerprint density at radius 3 is 2.07 bits per heavy atom. The molecule has 0 N–H and O–H groups in total. The molecule has 0 saturated carbocycles. The van der Waals surface area contributed by atoms with Crippen LogP contribution in [0.3, 0.4) is 0 Å². The van der Waals surface area contributed by atoms with E-state index in [4.69, 9.17) is 10.3 Å². The van der Waals surface area contributed by atoms with Crippen LogP contribution in [0.4, 0.5) is 29.2 Å². The van der Waals surface area contributed by atoms with Crippen molar-refractivity contribution < 1.29 is 4.74 Å². The lowest BCUT2D eigenvalue weighted by molar-refractivity contribution is 0.122. The molecule has 0 unspecified atom stereocenters. The summed E-state index contributed by atoms with van der Waals surface area (Å²) in [7, 11) is 0. The van der Waals surface area contributed by atoms with Crippen LogP contribution in [0.1, 0.15) is 0 Å². The summed E-state index contributed by atoms with van der Waals surface area (Å²) in [5, 5.41) is 3.63. The largest absolute Gasteiger partial charge is 0.378 e. The van der Waals surface area contributed by atoms with Gasteiger partial charge in [-0.15, -0.1) is 0 Å². The van der Waals surface area contributed by atoms with Crippen LogP contribution in [0.5, 0.6) is 0 Å². The van der Waals surface area contributed by atoms with Crippen molar-refractivity contribution in [3.8, 4) is 0 Å². The molecule has 4 rings (SSSR count). The van der Waals surface area contributed by atoms with Crippen LogP contribution in [0.25, 0.3) is 10.4 Å². The summed E-state index contributed by atoms with van der Waals surface area (Å²) in [4.78, 5) is 20.1. The minimum Gasteiger partial charge on any atom is -0.378 e. The third-order valence-corrected chi connectivity index (χ3v) is 4.26. The van der Waals surface area contributed by atoms with Crippen molar-refractivity contribution in [1.82, 2.24) is 15.0 Å². The van der Waals surface area contributed by atoms with Crippen LogP contribution in [-0.4, -0.2) is 41.3 Å². The van der Waals surface area contributed by atoms with Crippen molar-refractivity contribution in [2.24, 2.45) is 5.11 Å². The Hall–Kier alpha value is -3.68. The molecule has 9 nitrogen and oxygen atoms in total. The molecule has 0 atom stereocenters. The van der Waals surface area contributed by atoms with Crippen molar-refractivity contribution in [2.75, 3.05) is 36.1 Å². The molecule has 3 aromatic rings.